The molecule has 1 aliphatic carbocycles. The minimum atomic E-state index is 0.865. The molecule has 0 spiro atoms. The van der Waals surface area contributed by atoms with Crippen LogP contribution in [0.15, 0.2) is 0 Å². The van der Waals surface area contributed by atoms with Crippen molar-refractivity contribution in [3.05, 3.63) is 0 Å². The SMILES string of the molecule is CCC(C(C)C)C(C)C1CCC(C)CC1. The second-order valence-electron chi connectivity index (χ2n) is 6.20. The molecule has 0 bridgehead atoms. The van der Waals surface area contributed by atoms with Crippen molar-refractivity contribution in [2.45, 2.75) is 66.7 Å². The van der Waals surface area contributed by atoms with Crippen LogP contribution in [-0.2, 0) is 0 Å². The van der Waals surface area contributed by atoms with E-state index in [2.05, 4.69) is 34.6 Å². The van der Waals surface area contributed by atoms with Crippen molar-refractivity contribution in [1.82, 2.24) is 0 Å². The van der Waals surface area contributed by atoms with Gasteiger partial charge in [0.1, 0.15) is 0 Å². The highest BCUT2D eigenvalue weighted by atomic mass is 14.3. The largest absolute Gasteiger partial charge is 0.0651 e. The number of hydrogen-bond acceptors (Lipinski definition) is 0. The molecule has 1 fully saturated rings. The summed E-state index contributed by atoms with van der Waals surface area (Å²) in [5, 5.41) is 0. The third-order valence-corrected chi connectivity index (χ3v) is 4.81. The smallest absolute Gasteiger partial charge is 0.0365 e. The molecule has 0 aliphatic heterocycles. The zero-order valence-electron chi connectivity index (χ0n) is 11.4. The Bertz CT molecular complexity index is 163. The Balaban J connectivity index is 2.47. The lowest BCUT2D eigenvalue weighted by Crippen LogP contribution is -2.27. The summed E-state index contributed by atoms with van der Waals surface area (Å²) in [6, 6.07) is 0. The average molecular weight is 210 g/mol. The molecule has 0 amide bonds. The van der Waals surface area contributed by atoms with Gasteiger partial charge >= 0.3 is 0 Å². The molecule has 2 unspecified atom stereocenters. The Labute approximate surface area is 96.8 Å². The van der Waals surface area contributed by atoms with E-state index in [4.69, 9.17) is 0 Å². The lowest BCUT2D eigenvalue weighted by Gasteiger charge is -2.36. The molecule has 1 rings (SSSR count). The van der Waals surface area contributed by atoms with Gasteiger partial charge in [0.15, 0.2) is 0 Å². The molecule has 0 aromatic heterocycles. The Hall–Kier alpha value is 0. The third-order valence-electron chi connectivity index (χ3n) is 4.81. The molecule has 15 heavy (non-hydrogen) atoms. The molecule has 1 aliphatic rings. The predicted molar refractivity (Wildman–Crippen MR) is 68.9 cm³/mol. The third kappa shape index (κ3) is 3.50. The van der Waals surface area contributed by atoms with Gasteiger partial charge in [-0.25, -0.2) is 0 Å². The van der Waals surface area contributed by atoms with Crippen LogP contribution in [0.1, 0.15) is 66.7 Å². The van der Waals surface area contributed by atoms with Crippen molar-refractivity contribution in [1.29, 1.82) is 0 Å². The zero-order chi connectivity index (χ0) is 11.4. The van der Waals surface area contributed by atoms with Crippen LogP contribution in [0.2, 0.25) is 0 Å². The summed E-state index contributed by atoms with van der Waals surface area (Å²) in [5.41, 5.74) is 0. The summed E-state index contributed by atoms with van der Waals surface area (Å²) in [5.74, 6) is 4.77. The van der Waals surface area contributed by atoms with E-state index in [0.29, 0.717) is 0 Å². The van der Waals surface area contributed by atoms with Crippen molar-refractivity contribution in [3.63, 3.8) is 0 Å². The molecule has 0 aromatic carbocycles. The monoisotopic (exact) mass is 210 g/mol. The Morgan fingerprint density at radius 3 is 1.93 bits per heavy atom. The maximum atomic E-state index is 2.51. The second kappa shape index (κ2) is 5.92. The topological polar surface area (TPSA) is 0 Å². The molecule has 0 aromatic rings. The minimum Gasteiger partial charge on any atom is -0.0651 e. The van der Waals surface area contributed by atoms with Gasteiger partial charge < -0.3 is 0 Å². The van der Waals surface area contributed by atoms with E-state index in [0.717, 1.165) is 29.6 Å². The van der Waals surface area contributed by atoms with E-state index in [1.54, 1.807) is 0 Å². The summed E-state index contributed by atoms with van der Waals surface area (Å²) in [6.45, 7) is 12.1. The molecular weight excluding hydrogens is 180 g/mol. The standard InChI is InChI=1S/C15H30/c1-6-15(11(2)3)13(5)14-9-7-12(4)8-10-14/h11-15H,6-10H2,1-5H3. The van der Waals surface area contributed by atoms with Crippen LogP contribution in [0.4, 0.5) is 0 Å². The zero-order valence-corrected chi connectivity index (χ0v) is 11.4. The van der Waals surface area contributed by atoms with E-state index in [1.807, 2.05) is 0 Å². The maximum Gasteiger partial charge on any atom is -0.0365 e. The summed E-state index contributed by atoms with van der Waals surface area (Å²) < 4.78 is 0. The first-order valence-corrected chi connectivity index (χ1v) is 7.06. The van der Waals surface area contributed by atoms with Crippen molar-refractivity contribution in [2.24, 2.45) is 29.6 Å². The van der Waals surface area contributed by atoms with E-state index in [1.165, 1.54) is 32.1 Å². The highest BCUT2D eigenvalue weighted by molar-refractivity contribution is 4.79. The van der Waals surface area contributed by atoms with Crippen LogP contribution in [-0.4, -0.2) is 0 Å². The van der Waals surface area contributed by atoms with Crippen molar-refractivity contribution < 1.29 is 0 Å². The average Bonchev–Trinajstić information content (AvgIpc) is 2.19. The van der Waals surface area contributed by atoms with Crippen molar-refractivity contribution >= 4 is 0 Å². The van der Waals surface area contributed by atoms with E-state index in [9.17, 15) is 0 Å². The first-order valence-electron chi connectivity index (χ1n) is 7.06. The van der Waals surface area contributed by atoms with Gasteiger partial charge in [-0.2, -0.15) is 0 Å². The molecule has 0 N–H and O–H groups in total. The molecular formula is C15H30. The Kier molecular flexibility index (Phi) is 5.15. The maximum absolute atomic E-state index is 2.51. The molecule has 0 radical (unpaired) electrons. The lowest BCUT2D eigenvalue weighted by atomic mass is 9.69. The molecule has 0 heteroatoms. The van der Waals surface area contributed by atoms with Gasteiger partial charge in [-0.1, -0.05) is 53.9 Å². The van der Waals surface area contributed by atoms with Crippen LogP contribution in [0, 0.1) is 29.6 Å². The molecule has 90 valence electrons. The van der Waals surface area contributed by atoms with Gasteiger partial charge in [0.25, 0.3) is 0 Å². The van der Waals surface area contributed by atoms with E-state index in [-0.39, 0.29) is 0 Å². The molecule has 0 nitrogen and oxygen atoms in total. The molecule has 0 heterocycles. The van der Waals surface area contributed by atoms with Gasteiger partial charge in [0.05, 0.1) is 0 Å². The van der Waals surface area contributed by atoms with Gasteiger partial charge in [-0.15, -0.1) is 0 Å². The number of hydrogen-bond donors (Lipinski definition) is 0. The summed E-state index contributed by atoms with van der Waals surface area (Å²) in [6.07, 6.45) is 7.30. The first-order chi connectivity index (χ1) is 7.06. The predicted octanol–water partition coefficient (Wildman–Crippen LogP) is 5.13. The molecule has 0 saturated heterocycles. The van der Waals surface area contributed by atoms with Crippen LogP contribution in [0.3, 0.4) is 0 Å². The van der Waals surface area contributed by atoms with Crippen LogP contribution >= 0.6 is 0 Å². The second-order valence-corrected chi connectivity index (χ2v) is 6.20. The fourth-order valence-corrected chi connectivity index (χ4v) is 3.61. The summed E-state index contributed by atoms with van der Waals surface area (Å²) in [4.78, 5) is 0. The number of rotatable bonds is 4. The molecule has 1 saturated carbocycles. The van der Waals surface area contributed by atoms with E-state index >= 15 is 0 Å². The summed E-state index contributed by atoms with van der Waals surface area (Å²) >= 11 is 0. The quantitative estimate of drug-likeness (QED) is 0.603. The van der Waals surface area contributed by atoms with Gasteiger partial charge in [0, 0.05) is 0 Å². The normalized spacial score (nSPS) is 31.6. The van der Waals surface area contributed by atoms with Gasteiger partial charge in [0.2, 0.25) is 0 Å². The fraction of sp³-hybridized carbons (Fsp3) is 1.00. The van der Waals surface area contributed by atoms with Gasteiger partial charge in [-0.3, -0.25) is 0 Å². The minimum absolute atomic E-state index is 0.865. The fourth-order valence-electron chi connectivity index (χ4n) is 3.61. The highest BCUT2D eigenvalue weighted by Gasteiger charge is 2.29. The van der Waals surface area contributed by atoms with Gasteiger partial charge in [-0.05, 0) is 42.4 Å². The van der Waals surface area contributed by atoms with Crippen LogP contribution in [0.25, 0.3) is 0 Å². The molecule has 2 atom stereocenters. The van der Waals surface area contributed by atoms with Crippen LogP contribution < -0.4 is 0 Å². The summed E-state index contributed by atoms with van der Waals surface area (Å²) in [7, 11) is 0. The Morgan fingerprint density at radius 2 is 1.53 bits per heavy atom. The van der Waals surface area contributed by atoms with Crippen LogP contribution in [0.5, 0.6) is 0 Å². The first kappa shape index (κ1) is 13.1. The van der Waals surface area contributed by atoms with Crippen molar-refractivity contribution in [2.75, 3.05) is 0 Å². The highest BCUT2D eigenvalue weighted by Crippen LogP contribution is 2.39. The Morgan fingerprint density at radius 1 is 1.00 bits per heavy atom. The lowest BCUT2D eigenvalue weighted by molar-refractivity contribution is 0.138. The van der Waals surface area contributed by atoms with E-state index < -0.39 is 0 Å². The van der Waals surface area contributed by atoms with Crippen molar-refractivity contribution in [3.8, 4) is 0 Å².